The minimum Gasteiger partial charge on any atom is -0.480 e. The van der Waals surface area contributed by atoms with E-state index in [4.69, 9.17) is 10.8 Å². The third-order valence-electron chi connectivity index (χ3n) is 2.80. The van der Waals surface area contributed by atoms with Crippen molar-refractivity contribution >= 4 is 23.3 Å². The molecule has 1 amide bonds. The first kappa shape index (κ1) is 17.5. The largest absolute Gasteiger partial charge is 0.480 e. The predicted molar refractivity (Wildman–Crippen MR) is 79.4 cm³/mol. The number of nitrogens with two attached hydrogens (primary N) is 1. The summed E-state index contributed by atoms with van der Waals surface area (Å²) in [6.45, 7) is 0.802. The van der Waals surface area contributed by atoms with E-state index in [1.165, 1.54) is 24.3 Å². The molecule has 0 aliphatic rings. The number of nitrogens with one attached hydrogen (secondary N) is 2. The van der Waals surface area contributed by atoms with Crippen LogP contribution in [0.4, 0.5) is 11.4 Å². The van der Waals surface area contributed by atoms with Gasteiger partial charge in [0, 0.05) is 17.8 Å². The average molecular weight is 310 g/mol. The van der Waals surface area contributed by atoms with Crippen LogP contribution in [0, 0.1) is 10.1 Å². The molecule has 0 aliphatic heterocycles. The molecule has 22 heavy (non-hydrogen) atoms. The molecule has 5 N–H and O–H groups in total. The Morgan fingerprint density at radius 2 is 2.14 bits per heavy atom. The summed E-state index contributed by atoms with van der Waals surface area (Å²) in [5.41, 5.74) is 5.39. The van der Waals surface area contributed by atoms with Crippen molar-refractivity contribution in [1.82, 2.24) is 5.32 Å². The maximum atomic E-state index is 11.8. The Balaban J connectivity index is 2.61. The molecule has 1 atom stereocenters. The number of anilines is 1. The van der Waals surface area contributed by atoms with Crippen LogP contribution < -0.4 is 16.4 Å². The molecule has 9 nitrogen and oxygen atoms in total. The molecule has 0 saturated carbocycles. The van der Waals surface area contributed by atoms with Crippen molar-refractivity contribution in [3.05, 3.63) is 34.4 Å². The predicted octanol–water partition coefficient (Wildman–Crippen LogP) is 0.315. The molecule has 1 aromatic rings. The molecular weight excluding hydrogens is 292 g/mol. The third kappa shape index (κ3) is 5.85. The molecule has 0 spiro atoms. The number of non-ortho nitro benzene ring substituents is 1. The lowest BCUT2D eigenvalue weighted by atomic mass is 10.2. The number of rotatable bonds is 9. The number of nitro groups is 1. The molecule has 0 bridgehead atoms. The van der Waals surface area contributed by atoms with Gasteiger partial charge >= 0.3 is 5.97 Å². The van der Waals surface area contributed by atoms with Crippen LogP contribution in [0.5, 0.6) is 0 Å². The maximum absolute atomic E-state index is 11.8. The lowest BCUT2D eigenvalue weighted by Gasteiger charge is -2.14. The van der Waals surface area contributed by atoms with E-state index in [9.17, 15) is 19.7 Å². The third-order valence-corrected chi connectivity index (χ3v) is 2.80. The van der Waals surface area contributed by atoms with Crippen molar-refractivity contribution in [2.24, 2.45) is 5.73 Å². The lowest BCUT2D eigenvalue weighted by molar-refractivity contribution is -0.384. The Morgan fingerprint density at radius 3 is 2.73 bits per heavy atom. The highest BCUT2D eigenvalue weighted by atomic mass is 16.6. The van der Waals surface area contributed by atoms with Crippen LogP contribution in [-0.2, 0) is 9.59 Å². The summed E-state index contributed by atoms with van der Waals surface area (Å²) in [5, 5.41) is 24.8. The first-order valence-corrected chi connectivity index (χ1v) is 6.64. The summed E-state index contributed by atoms with van der Waals surface area (Å²) in [6, 6.07) is 4.38. The number of carbonyl (C=O) groups excluding carboxylic acids is 1. The zero-order valence-electron chi connectivity index (χ0n) is 11.8. The van der Waals surface area contributed by atoms with Gasteiger partial charge in [0.1, 0.15) is 6.04 Å². The van der Waals surface area contributed by atoms with Crippen LogP contribution in [0.2, 0.25) is 0 Å². The van der Waals surface area contributed by atoms with Crippen molar-refractivity contribution in [3.63, 3.8) is 0 Å². The summed E-state index contributed by atoms with van der Waals surface area (Å²) in [7, 11) is 0. The Labute approximate surface area is 126 Å². The van der Waals surface area contributed by atoms with E-state index in [0.717, 1.165) is 0 Å². The van der Waals surface area contributed by atoms with E-state index < -0.39 is 22.8 Å². The molecule has 0 saturated heterocycles. The topological polar surface area (TPSA) is 148 Å². The number of hydrogen-bond acceptors (Lipinski definition) is 6. The number of amides is 1. The van der Waals surface area contributed by atoms with Gasteiger partial charge in [-0.25, -0.2) is 0 Å². The Morgan fingerprint density at radius 1 is 1.41 bits per heavy atom. The highest BCUT2D eigenvalue weighted by Gasteiger charge is 2.20. The van der Waals surface area contributed by atoms with Crippen LogP contribution in [0.15, 0.2) is 24.3 Å². The lowest BCUT2D eigenvalue weighted by Crippen LogP contribution is -2.40. The maximum Gasteiger partial charge on any atom is 0.321 e. The Kier molecular flexibility index (Phi) is 6.93. The standard InChI is InChI=1S/C13H18N4O5/c14-5-2-6-15-11(13(19)20)8-12(18)16-9-3-1-4-10(7-9)17(21)22/h1,3-4,7,11,15H,2,5-6,8,14H2,(H,16,18)(H,19,20)/t11-/m0/s1. The van der Waals surface area contributed by atoms with Crippen LogP contribution >= 0.6 is 0 Å². The minimum atomic E-state index is -1.15. The SMILES string of the molecule is NCCCN[C@@H](CC(=O)Nc1cccc([N+](=O)[O-])c1)C(=O)O. The summed E-state index contributed by atoms with van der Waals surface area (Å²) in [5.74, 6) is -1.70. The van der Waals surface area contributed by atoms with Crippen molar-refractivity contribution < 1.29 is 19.6 Å². The van der Waals surface area contributed by atoms with Crippen molar-refractivity contribution in [3.8, 4) is 0 Å². The number of nitro benzene ring substituents is 1. The molecule has 1 rings (SSSR count). The summed E-state index contributed by atoms with van der Waals surface area (Å²) >= 11 is 0. The second-order valence-corrected chi connectivity index (χ2v) is 4.55. The quantitative estimate of drug-likeness (QED) is 0.291. The summed E-state index contributed by atoms with van der Waals surface area (Å²) in [6.07, 6.45) is 0.304. The van der Waals surface area contributed by atoms with E-state index >= 15 is 0 Å². The van der Waals surface area contributed by atoms with Crippen LogP contribution in [0.1, 0.15) is 12.8 Å². The number of carboxylic acid groups (broad SMARTS) is 1. The fourth-order valence-corrected chi connectivity index (χ4v) is 1.72. The van der Waals surface area contributed by atoms with Gasteiger partial charge < -0.3 is 21.5 Å². The molecular formula is C13H18N4O5. The number of benzene rings is 1. The van der Waals surface area contributed by atoms with Gasteiger partial charge in [-0.3, -0.25) is 19.7 Å². The molecule has 9 heteroatoms. The second-order valence-electron chi connectivity index (χ2n) is 4.55. The molecule has 0 fully saturated rings. The van der Waals surface area contributed by atoms with E-state index in [2.05, 4.69) is 10.6 Å². The fourth-order valence-electron chi connectivity index (χ4n) is 1.72. The number of carbonyl (C=O) groups is 2. The molecule has 0 heterocycles. The summed E-state index contributed by atoms with van der Waals surface area (Å²) < 4.78 is 0. The number of aliphatic carboxylic acids is 1. The first-order valence-electron chi connectivity index (χ1n) is 6.64. The second kappa shape index (κ2) is 8.70. The van der Waals surface area contributed by atoms with Gasteiger partial charge in [-0.1, -0.05) is 6.07 Å². The van der Waals surface area contributed by atoms with Gasteiger partial charge in [0.15, 0.2) is 0 Å². The molecule has 120 valence electrons. The smallest absolute Gasteiger partial charge is 0.321 e. The number of hydrogen-bond donors (Lipinski definition) is 4. The minimum absolute atomic E-state index is 0.159. The average Bonchev–Trinajstić information content (AvgIpc) is 2.46. The molecule has 0 radical (unpaired) electrons. The van der Waals surface area contributed by atoms with E-state index in [-0.39, 0.29) is 17.8 Å². The monoisotopic (exact) mass is 310 g/mol. The highest BCUT2D eigenvalue weighted by molar-refractivity contribution is 5.94. The van der Waals surface area contributed by atoms with Gasteiger partial charge in [0.25, 0.3) is 5.69 Å². The Bertz CT molecular complexity index is 549. The van der Waals surface area contributed by atoms with Gasteiger partial charge in [-0.2, -0.15) is 0 Å². The van der Waals surface area contributed by atoms with Crippen LogP contribution in [0.25, 0.3) is 0 Å². The van der Waals surface area contributed by atoms with E-state index in [0.29, 0.717) is 19.5 Å². The first-order chi connectivity index (χ1) is 10.4. The van der Waals surface area contributed by atoms with Crippen molar-refractivity contribution in [1.29, 1.82) is 0 Å². The number of carboxylic acids is 1. The zero-order valence-corrected chi connectivity index (χ0v) is 11.8. The van der Waals surface area contributed by atoms with Gasteiger partial charge in [0.05, 0.1) is 11.3 Å². The number of nitrogens with zero attached hydrogens (tertiary/aromatic N) is 1. The highest BCUT2D eigenvalue weighted by Crippen LogP contribution is 2.17. The Hall–Kier alpha value is -2.52. The molecule has 1 aromatic carbocycles. The van der Waals surface area contributed by atoms with Crippen molar-refractivity contribution in [2.75, 3.05) is 18.4 Å². The van der Waals surface area contributed by atoms with Crippen LogP contribution in [-0.4, -0.2) is 41.0 Å². The molecule has 0 aliphatic carbocycles. The molecule has 0 aromatic heterocycles. The fraction of sp³-hybridized carbons (Fsp3) is 0.385. The summed E-state index contributed by atoms with van der Waals surface area (Å²) in [4.78, 5) is 33.0. The van der Waals surface area contributed by atoms with Gasteiger partial charge in [0.2, 0.25) is 5.91 Å². The van der Waals surface area contributed by atoms with Gasteiger partial charge in [-0.05, 0) is 25.6 Å². The van der Waals surface area contributed by atoms with Crippen molar-refractivity contribution in [2.45, 2.75) is 18.9 Å². The van der Waals surface area contributed by atoms with E-state index in [1.807, 2.05) is 0 Å². The zero-order chi connectivity index (χ0) is 16.5. The van der Waals surface area contributed by atoms with Crippen LogP contribution in [0.3, 0.4) is 0 Å². The van der Waals surface area contributed by atoms with Gasteiger partial charge in [-0.15, -0.1) is 0 Å². The van der Waals surface area contributed by atoms with E-state index in [1.54, 1.807) is 0 Å². The molecule has 0 unspecified atom stereocenters. The normalized spacial score (nSPS) is 11.7.